The Balaban J connectivity index is 1.97. The molecule has 24 heavy (non-hydrogen) atoms. The first-order valence-corrected chi connectivity index (χ1v) is 9.07. The number of nitrogens with two attached hydrogens (primary N) is 1. The number of benzene rings is 1. The second-order valence-electron chi connectivity index (χ2n) is 6.34. The Bertz CT molecular complexity index is 728. The molecular formula is C18H22FN3OS. The van der Waals surface area contributed by atoms with Gasteiger partial charge in [-0.3, -0.25) is 4.79 Å². The SMILES string of the molecule is Cc1nc(C(=O)N2CCCC(C)C2CN)c(-c2ccc(F)cc2)s1. The van der Waals surface area contributed by atoms with Crippen LogP contribution in [0.15, 0.2) is 24.3 Å². The van der Waals surface area contributed by atoms with Crippen LogP contribution in [0.25, 0.3) is 10.4 Å². The zero-order chi connectivity index (χ0) is 17.3. The number of aryl methyl sites for hydroxylation is 1. The van der Waals surface area contributed by atoms with Crippen LogP contribution in [0.1, 0.15) is 35.3 Å². The fourth-order valence-electron chi connectivity index (χ4n) is 3.37. The van der Waals surface area contributed by atoms with Crippen LogP contribution in [0.5, 0.6) is 0 Å². The highest BCUT2D eigenvalue weighted by Gasteiger charge is 2.33. The summed E-state index contributed by atoms with van der Waals surface area (Å²) in [7, 11) is 0. The monoisotopic (exact) mass is 347 g/mol. The number of amides is 1. The fraction of sp³-hybridized carbons (Fsp3) is 0.444. The van der Waals surface area contributed by atoms with Crippen molar-refractivity contribution in [3.05, 3.63) is 40.8 Å². The molecule has 0 bridgehead atoms. The minimum Gasteiger partial charge on any atom is -0.333 e. The second-order valence-corrected chi connectivity index (χ2v) is 7.54. The van der Waals surface area contributed by atoms with E-state index in [4.69, 9.17) is 5.73 Å². The molecule has 1 amide bonds. The minimum absolute atomic E-state index is 0.0503. The molecule has 2 unspecified atom stereocenters. The van der Waals surface area contributed by atoms with Crippen LogP contribution >= 0.6 is 11.3 Å². The lowest BCUT2D eigenvalue weighted by molar-refractivity contribution is 0.0528. The van der Waals surface area contributed by atoms with E-state index in [2.05, 4.69) is 11.9 Å². The summed E-state index contributed by atoms with van der Waals surface area (Å²) < 4.78 is 13.2. The lowest BCUT2D eigenvalue weighted by Crippen LogP contribution is -2.51. The van der Waals surface area contributed by atoms with Crippen LogP contribution in [-0.2, 0) is 0 Å². The summed E-state index contributed by atoms with van der Waals surface area (Å²) in [6.45, 7) is 5.20. The van der Waals surface area contributed by atoms with Crippen molar-refractivity contribution in [3.63, 3.8) is 0 Å². The zero-order valence-electron chi connectivity index (χ0n) is 14.0. The molecule has 2 atom stereocenters. The molecular weight excluding hydrogens is 325 g/mol. The van der Waals surface area contributed by atoms with Gasteiger partial charge in [0.05, 0.1) is 9.88 Å². The third-order valence-electron chi connectivity index (χ3n) is 4.66. The number of hydrogen-bond donors (Lipinski definition) is 1. The largest absolute Gasteiger partial charge is 0.333 e. The molecule has 0 spiro atoms. The Morgan fingerprint density at radius 2 is 2.12 bits per heavy atom. The van der Waals surface area contributed by atoms with E-state index in [0.717, 1.165) is 28.3 Å². The highest BCUT2D eigenvalue weighted by Crippen LogP contribution is 2.33. The molecule has 6 heteroatoms. The molecule has 4 nitrogen and oxygen atoms in total. The molecule has 0 radical (unpaired) electrons. The second kappa shape index (κ2) is 6.99. The number of carbonyl (C=O) groups is 1. The van der Waals surface area contributed by atoms with Gasteiger partial charge in [0.15, 0.2) is 0 Å². The Morgan fingerprint density at radius 3 is 2.79 bits per heavy atom. The quantitative estimate of drug-likeness (QED) is 0.925. The molecule has 1 aliphatic heterocycles. The van der Waals surface area contributed by atoms with Gasteiger partial charge in [0.1, 0.15) is 11.5 Å². The van der Waals surface area contributed by atoms with Crippen LogP contribution in [0, 0.1) is 18.7 Å². The number of nitrogens with zero attached hydrogens (tertiary/aromatic N) is 2. The molecule has 2 heterocycles. The normalized spacial score (nSPS) is 21.1. The van der Waals surface area contributed by atoms with Gasteiger partial charge in [-0.2, -0.15) is 0 Å². The van der Waals surface area contributed by atoms with Crippen molar-refractivity contribution in [1.82, 2.24) is 9.88 Å². The molecule has 1 aliphatic rings. The van der Waals surface area contributed by atoms with Gasteiger partial charge in [-0.15, -0.1) is 11.3 Å². The van der Waals surface area contributed by atoms with Gasteiger partial charge in [-0.05, 0) is 43.4 Å². The molecule has 1 saturated heterocycles. The molecule has 1 aromatic carbocycles. The van der Waals surface area contributed by atoms with Crippen molar-refractivity contribution in [2.75, 3.05) is 13.1 Å². The van der Waals surface area contributed by atoms with E-state index in [0.29, 0.717) is 24.7 Å². The van der Waals surface area contributed by atoms with Crippen molar-refractivity contribution >= 4 is 17.2 Å². The summed E-state index contributed by atoms with van der Waals surface area (Å²) in [6, 6.07) is 6.25. The van der Waals surface area contributed by atoms with Crippen molar-refractivity contribution in [1.29, 1.82) is 0 Å². The van der Waals surface area contributed by atoms with E-state index in [1.165, 1.54) is 23.5 Å². The predicted molar refractivity (Wildman–Crippen MR) is 94.5 cm³/mol. The first-order valence-electron chi connectivity index (χ1n) is 8.25. The summed E-state index contributed by atoms with van der Waals surface area (Å²) in [5.74, 6) is 0.0308. The third-order valence-corrected chi connectivity index (χ3v) is 5.68. The maximum absolute atomic E-state index is 13.2. The van der Waals surface area contributed by atoms with Crippen LogP contribution in [-0.4, -0.2) is 34.9 Å². The highest BCUT2D eigenvalue weighted by molar-refractivity contribution is 7.15. The minimum atomic E-state index is -0.291. The number of likely N-dealkylation sites (tertiary alicyclic amines) is 1. The Labute approximate surface area is 145 Å². The van der Waals surface area contributed by atoms with E-state index < -0.39 is 0 Å². The maximum atomic E-state index is 13.2. The van der Waals surface area contributed by atoms with Gasteiger partial charge < -0.3 is 10.6 Å². The van der Waals surface area contributed by atoms with E-state index in [1.54, 1.807) is 12.1 Å². The molecule has 0 aliphatic carbocycles. The van der Waals surface area contributed by atoms with Gasteiger partial charge in [0.25, 0.3) is 5.91 Å². The van der Waals surface area contributed by atoms with E-state index in [9.17, 15) is 9.18 Å². The molecule has 1 fully saturated rings. The lowest BCUT2D eigenvalue weighted by atomic mass is 9.90. The predicted octanol–water partition coefficient (Wildman–Crippen LogP) is 3.46. The zero-order valence-corrected chi connectivity index (χ0v) is 14.8. The molecule has 2 N–H and O–H groups in total. The molecule has 2 aromatic rings. The third kappa shape index (κ3) is 3.21. The van der Waals surface area contributed by atoms with E-state index >= 15 is 0 Å². The number of rotatable bonds is 3. The van der Waals surface area contributed by atoms with Crippen molar-refractivity contribution < 1.29 is 9.18 Å². The molecule has 128 valence electrons. The van der Waals surface area contributed by atoms with Gasteiger partial charge in [-0.25, -0.2) is 9.37 Å². The number of piperidine rings is 1. The van der Waals surface area contributed by atoms with Crippen molar-refractivity contribution in [2.24, 2.45) is 11.7 Å². The standard InChI is InChI=1S/C18H22FN3OS/c1-11-4-3-9-22(15(11)10-20)18(23)16-17(24-12(2)21-16)13-5-7-14(19)8-6-13/h5-8,11,15H,3-4,9-10,20H2,1-2H3. The van der Waals surface area contributed by atoms with Crippen LogP contribution < -0.4 is 5.73 Å². The molecule has 0 saturated carbocycles. The first kappa shape index (κ1) is 17.0. The summed E-state index contributed by atoms with van der Waals surface area (Å²) in [5, 5.41) is 0.826. The average Bonchev–Trinajstić information content (AvgIpc) is 2.96. The lowest BCUT2D eigenvalue weighted by Gasteiger charge is -2.39. The van der Waals surface area contributed by atoms with Crippen LogP contribution in [0.3, 0.4) is 0 Å². The van der Waals surface area contributed by atoms with Crippen LogP contribution in [0.4, 0.5) is 4.39 Å². The smallest absolute Gasteiger partial charge is 0.274 e. The van der Waals surface area contributed by atoms with Crippen molar-refractivity contribution in [2.45, 2.75) is 32.7 Å². The van der Waals surface area contributed by atoms with Gasteiger partial charge >= 0.3 is 0 Å². The van der Waals surface area contributed by atoms with Crippen molar-refractivity contribution in [3.8, 4) is 10.4 Å². The molecule has 1 aromatic heterocycles. The average molecular weight is 347 g/mol. The Kier molecular flexibility index (Phi) is 4.96. The highest BCUT2D eigenvalue weighted by atomic mass is 32.1. The number of halogens is 1. The van der Waals surface area contributed by atoms with E-state index in [-0.39, 0.29) is 17.8 Å². The van der Waals surface area contributed by atoms with E-state index in [1.807, 2.05) is 11.8 Å². The number of aromatic nitrogens is 1. The summed E-state index contributed by atoms with van der Waals surface area (Å²) >= 11 is 1.46. The maximum Gasteiger partial charge on any atom is 0.274 e. The van der Waals surface area contributed by atoms with Crippen LogP contribution in [0.2, 0.25) is 0 Å². The fourth-order valence-corrected chi connectivity index (χ4v) is 4.28. The number of carbonyl (C=O) groups excluding carboxylic acids is 1. The summed E-state index contributed by atoms with van der Waals surface area (Å²) in [5.41, 5.74) is 7.19. The summed E-state index contributed by atoms with van der Waals surface area (Å²) in [6.07, 6.45) is 2.07. The first-order chi connectivity index (χ1) is 11.5. The van der Waals surface area contributed by atoms with Gasteiger partial charge in [-0.1, -0.05) is 19.1 Å². The van der Waals surface area contributed by atoms with Gasteiger partial charge in [0, 0.05) is 19.1 Å². The topological polar surface area (TPSA) is 59.2 Å². The number of hydrogen-bond acceptors (Lipinski definition) is 4. The number of thiazole rings is 1. The van der Waals surface area contributed by atoms with Gasteiger partial charge in [0.2, 0.25) is 0 Å². The Morgan fingerprint density at radius 1 is 1.42 bits per heavy atom. The Hall–Kier alpha value is -1.79. The molecule has 3 rings (SSSR count). The summed E-state index contributed by atoms with van der Waals surface area (Å²) in [4.78, 5) is 20.3.